The van der Waals surface area contributed by atoms with Gasteiger partial charge in [-0.2, -0.15) is 0 Å². The van der Waals surface area contributed by atoms with Gasteiger partial charge in [-0.3, -0.25) is 4.79 Å². The molecule has 126 valence electrons. The van der Waals surface area contributed by atoms with Crippen molar-refractivity contribution in [2.24, 2.45) is 5.92 Å². The highest BCUT2D eigenvalue weighted by Gasteiger charge is 2.23. The van der Waals surface area contributed by atoms with Gasteiger partial charge >= 0.3 is 0 Å². The lowest BCUT2D eigenvalue weighted by Crippen LogP contribution is -2.26. The Labute approximate surface area is 146 Å². The molecule has 1 fully saturated rings. The smallest absolute Gasteiger partial charge is 0.246 e. The van der Waals surface area contributed by atoms with Gasteiger partial charge < -0.3 is 14.6 Å². The standard InChI is InChI=1S/C19H21ClN2O2/c1-12-7-9-22(11-12)18(23)5-4-16-14-10-21-8-6-13-15(20)2-3-17(24-16)19(13)14/h2-5,12,21H,6-11H2,1H3/b5-4+. The second-order valence-corrected chi connectivity index (χ2v) is 7.19. The van der Waals surface area contributed by atoms with E-state index in [9.17, 15) is 4.79 Å². The summed E-state index contributed by atoms with van der Waals surface area (Å²) >= 11 is 6.37. The number of rotatable bonds is 2. The number of hydrogen-bond acceptors (Lipinski definition) is 3. The van der Waals surface area contributed by atoms with Gasteiger partial charge in [0.25, 0.3) is 0 Å². The molecule has 24 heavy (non-hydrogen) atoms. The first-order valence-electron chi connectivity index (χ1n) is 8.54. The van der Waals surface area contributed by atoms with E-state index in [1.165, 1.54) is 0 Å². The number of hydrogen-bond donors (Lipinski definition) is 1. The molecule has 1 aromatic carbocycles. The number of nitrogens with one attached hydrogen (secondary N) is 1. The molecule has 2 aliphatic rings. The van der Waals surface area contributed by atoms with E-state index in [1.807, 2.05) is 23.1 Å². The van der Waals surface area contributed by atoms with Crippen molar-refractivity contribution in [1.82, 2.24) is 10.2 Å². The van der Waals surface area contributed by atoms with E-state index in [4.69, 9.17) is 16.0 Å². The van der Waals surface area contributed by atoms with Crippen molar-refractivity contribution in [2.45, 2.75) is 26.3 Å². The summed E-state index contributed by atoms with van der Waals surface area (Å²) in [6.45, 7) is 5.49. The van der Waals surface area contributed by atoms with Crippen LogP contribution in [0.3, 0.4) is 0 Å². The van der Waals surface area contributed by atoms with Crippen molar-refractivity contribution in [2.75, 3.05) is 19.6 Å². The second-order valence-electron chi connectivity index (χ2n) is 6.78. The minimum Gasteiger partial charge on any atom is -0.456 e. The van der Waals surface area contributed by atoms with Gasteiger partial charge in [0.05, 0.1) is 0 Å². The van der Waals surface area contributed by atoms with Crippen LogP contribution < -0.4 is 5.32 Å². The summed E-state index contributed by atoms with van der Waals surface area (Å²) in [5.74, 6) is 1.41. The number of furan rings is 1. The summed E-state index contributed by atoms with van der Waals surface area (Å²) in [4.78, 5) is 14.2. The minimum absolute atomic E-state index is 0.0619. The molecule has 0 saturated carbocycles. The highest BCUT2D eigenvalue weighted by atomic mass is 35.5. The van der Waals surface area contributed by atoms with Crippen molar-refractivity contribution in [3.63, 3.8) is 0 Å². The molecule has 1 atom stereocenters. The van der Waals surface area contributed by atoms with Crippen LogP contribution in [0.5, 0.6) is 0 Å². The fourth-order valence-corrected chi connectivity index (χ4v) is 3.94. The lowest BCUT2D eigenvalue weighted by Gasteiger charge is -2.12. The third kappa shape index (κ3) is 2.74. The highest BCUT2D eigenvalue weighted by molar-refractivity contribution is 6.32. The van der Waals surface area contributed by atoms with E-state index in [1.54, 1.807) is 6.08 Å². The van der Waals surface area contributed by atoms with Crippen molar-refractivity contribution in [1.29, 1.82) is 0 Å². The second kappa shape index (κ2) is 6.26. The summed E-state index contributed by atoms with van der Waals surface area (Å²) in [6.07, 6.45) is 5.42. The Morgan fingerprint density at radius 2 is 2.29 bits per heavy atom. The van der Waals surface area contributed by atoms with Crippen molar-refractivity contribution in [3.8, 4) is 0 Å². The molecular formula is C19H21ClN2O2. The van der Waals surface area contributed by atoms with Crippen LogP contribution >= 0.6 is 11.6 Å². The van der Waals surface area contributed by atoms with Crippen molar-refractivity contribution >= 4 is 34.6 Å². The predicted molar refractivity (Wildman–Crippen MR) is 96.0 cm³/mol. The highest BCUT2D eigenvalue weighted by Crippen LogP contribution is 2.35. The van der Waals surface area contributed by atoms with Crippen molar-refractivity contribution < 1.29 is 9.21 Å². The topological polar surface area (TPSA) is 45.5 Å². The predicted octanol–water partition coefficient (Wildman–Crippen LogP) is 3.61. The van der Waals surface area contributed by atoms with Gasteiger partial charge in [0, 0.05) is 41.7 Å². The molecule has 1 saturated heterocycles. The summed E-state index contributed by atoms with van der Waals surface area (Å²) in [7, 11) is 0. The van der Waals surface area contributed by atoms with Crippen molar-refractivity contribution in [3.05, 3.63) is 40.1 Å². The number of carbonyl (C=O) groups excluding carboxylic acids is 1. The van der Waals surface area contributed by atoms with Crippen LogP contribution in [0.1, 0.15) is 30.2 Å². The molecule has 1 aromatic heterocycles. The molecule has 0 bridgehead atoms. The lowest BCUT2D eigenvalue weighted by atomic mass is 10.0. The molecule has 5 heteroatoms. The Bertz CT molecular complexity index is 824. The Hall–Kier alpha value is -1.78. The molecule has 4 nitrogen and oxygen atoms in total. The molecule has 3 heterocycles. The van der Waals surface area contributed by atoms with E-state index in [2.05, 4.69) is 12.2 Å². The van der Waals surface area contributed by atoms with Gasteiger partial charge in [-0.1, -0.05) is 18.5 Å². The molecule has 0 aliphatic carbocycles. The summed E-state index contributed by atoms with van der Waals surface area (Å²) in [5, 5.41) is 5.30. The fraction of sp³-hybridized carbons (Fsp3) is 0.421. The minimum atomic E-state index is 0.0619. The molecule has 2 aromatic rings. The van der Waals surface area contributed by atoms with Gasteiger partial charge in [0.2, 0.25) is 5.91 Å². The maximum Gasteiger partial charge on any atom is 0.246 e. The van der Waals surface area contributed by atoms with Crippen LogP contribution in [-0.4, -0.2) is 30.4 Å². The fourth-order valence-electron chi connectivity index (χ4n) is 3.69. The van der Waals surface area contributed by atoms with Crippen LogP contribution in [0.2, 0.25) is 5.02 Å². The number of benzene rings is 1. The van der Waals surface area contributed by atoms with Crippen LogP contribution in [0.25, 0.3) is 17.0 Å². The monoisotopic (exact) mass is 344 g/mol. The van der Waals surface area contributed by atoms with E-state index < -0.39 is 0 Å². The number of nitrogens with zero attached hydrogens (tertiary/aromatic N) is 1. The van der Waals surface area contributed by atoms with Gasteiger partial charge in [-0.05, 0) is 49.1 Å². The lowest BCUT2D eigenvalue weighted by molar-refractivity contribution is -0.125. The van der Waals surface area contributed by atoms with E-state index in [0.29, 0.717) is 5.92 Å². The number of halogens is 1. The summed E-state index contributed by atoms with van der Waals surface area (Å²) in [5.41, 5.74) is 3.08. The molecule has 0 radical (unpaired) electrons. The zero-order valence-corrected chi connectivity index (χ0v) is 14.5. The first-order chi connectivity index (χ1) is 11.6. The first kappa shape index (κ1) is 15.7. The van der Waals surface area contributed by atoms with Gasteiger partial charge in [0.15, 0.2) is 0 Å². The molecule has 1 unspecified atom stereocenters. The molecule has 2 aliphatic heterocycles. The molecule has 1 N–H and O–H groups in total. The average Bonchev–Trinajstić information content (AvgIpc) is 3.07. The molecule has 4 rings (SSSR count). The third-order valence-electron chi connectivity index (χ3n) is 5.00. The van der Waals surface area contributed by atoms with E-state index in [0.717, 1.165) is 71.9 Å². The summed E-state index contributed by atoms with van der Waals surface area (Å²) in [6, 6.07) is 3.80. The quantitative estimate of drug-likeness (QED) is 0.846. The SMILES string of the molecule is CC1CCN(C(=O)/C=C/c2oc3ccc(Cl)c4c3c2CNCC4)C1. The zero-order valence-electron chi connectivity index (χ0n) is 13.8. The van der Waals surface area contributed by atoms with E-state index >= 15 is 0 Å². The Balaban J connectivity index is 1.68. The van der Waals surface area contributed by atoms with Crippen LogP contribution in [-0.2, 0) is 17.8 Å². The molecule has 0 spiro atoms. The zero-order chi connectivity index (χ0) is 16.7. The average molecular weight is 345 g/mol. The van der Waals surface area contributed by atoms with Gasteiger partial charge in [0.1, 0.15) is 11.3 Å². The Kier molecular flexibility index (Phi) is 4.10. The number of likely N-dealkylation sites (tertiary alicyclic amines) is 1. The largest absolute Gasteiger partial charge is 0.456 e. The maximum absolute atomic E-state index is 12.3. The van der Waals surface area contributed by atoms with Gasteiger partial charge in [-0.15, -0.1) is 0 Å². The van der Waals surface area contributed by atoms with Crippen LogP contribution in [0, 0.1) is 5.92 Å². The third-order valence-corrected chi connectivity index (χ3v) is 5.36. The number of carbonyl (C=O) groups is 1. The Morgan fingerprint density at radius 3 is 3.08 bits per heavy atom. The van der Waals surface area contributed by atoms with Gasteiger partial charge in [-0.25, -0.2) is 0 Å². The first-order valence-corrected chi connectivity index (χ1v) is 8.91. The number of amides is 1. The van der Waals surface area contributed by atoms with Crippen LogP contribution in [0.15, 0.2) is 22.6 Å². The molecule has 1 amide bonds. The normalized spacial score (nSPS) is 20.9. The van der Waals surface area contributed by atoms with Crippen LogP contribution in [0.4, 0.5) is 0 Å². The maximum atomic E-state index is 12.3. The Morgan fingerprint density at radius 1 is 1.42 bits per heavy atom. The summed E-state index contributed by atoms with van der Waals surface area (Å²) < 4.78 is 6.00. The van der Waals surface area contributed by atoms with E-state index in [-0.39, 0.29) is 5.91 Å². The molecular weight excluding hydrogens is 324 g/mol.